The van der Waals surface area contributed by atoms with Crippen LogP contribution in [0.15, 0.2) is 48.5 Å². The largest absolute Gasteiger partial charge is 0.461 e. The normalized spacial score (nSPS) is 11.0. The van der Waals surface area contributed by atoms with Crippen LogP contribution in [0.4, 0.5) is 23.2 Å². The van der Waals surface area contributed by atoms with E-state index < -0.39 is 24.2 Å². The fourth-order valence-corrected chi connectivity index (χ4v) is 2.12. The minimum atomic E-state index is -4.66. The lowest BCUT2D eigenvalue weighted by Gasteiger charge is -2.17. The zero-order valence-electron chi connectivity index (χ0n) is 13.9. The van der Waals surface area contributed by atoms with Gasteiger partial charge in [-0.05, 0) is 49.0 Å². The number of hydrogen-bond acceptors (Lipinski definition) is 3. The highest BCUT2D eigenvalue weighted by Crippen LogP contribution is 2.27. The van der Waals surface area contributed by atoms with E-state index in [1.165, 1.54) is 12.1 Å². The smallest absolute Gasteiger partial charge is 0.428 e. The van der Waals surface area contributed by atoms with Gasteiger partial charge in [0, 0.05) is 11.3 Å². The third-order valence-electron chi connectivity index (χ3n) is 3.29. The Morgan fingerprint density at radius 3 is 2.48 bits per heavy atom. The molecule has 0 heterocycles. The van der Waals surface area contributed by atoms with Crippen LogP contribution < -0.4 is 20.9 Å². The van der Waals surface area contributed by atoms with E-state index in [1.54, 1.807) is 12.1 Å². The number of anilines is 1. The lowest BCUT2D eigenvalue weighted by atomic mass is 10.2. The summed E-state index contributed by atoms with van der Waals surface area (Å²) in [6.07, 6.45) is -8.66. The van der Waals surface area contributed by atoms with Crippen LogP contribution in [0.3, 0.4) is 0 Å². The average Bonchev–Trinajstić information content (AvgIpc) is 2.61. The third kappa shape index (κ3) is 5.81. The van der Waals surface area contributed by atoms with Crippen LogP contribution in [0.5, 0.6) is 5.75 Å². The summed E-state index contributed by atoms with van der Waals surface area (Å²) in [5, 5.41) is 2.96. The molecule has 0 saturated carbocycles. The lowest BCUT2D eigenvalue weighted by Crippen LogP contribution is -2.43. The van der Waals surface area contributed by atoms with Crippen LogP contribution in [-0.4, -0.2) is 23.6 Å². The molecule has 2 rings (SSSR count). The van der Waals surface area contributed by atoms with Gasteiger partial charge in [0.2, 0.25) is 0 Å². The first-order valence-corrected chi connectivity index (χ1v) is 7.98. The van der Waals surface area contributed by atoms with Crippen molar-refractivity contribution in [2.45, 2.75) is 19.5 Å². The van der Waals surface area contributed by atoms with Gasteiger partial charge in [-0.25, -0.2) is 0 Å². The van der Waals surface area contributed by atoms with Crippen LogP contribution in [-0.2, 0) is 0 Å². The van der Waals surface area contributed by atoms with Crippen LogP contribution in [0.2, 0.25) is 0 Å². The van der Waals surface area contributed by atoms with Crippen molar-refractivity contribution < 1.29 is 27.1 Å². The maximum Gasteiger partial charge on any atom is 0.461 e. The number of carbonyl (C=O) groups is 1. The first-order chi connectivity index (χ1) is 12.7. The van der Waals surface area contributed by atoms with Gasteiger partial charge in [0.15, 0.2) is 5.11 Å². The molecule has 2 aromatic rings. The van der Waals surface area contributed by atoms with Gasteiger partial charge in [0.1, 0.15) is 5.75 Å². The molecular weight excluding hydrogens is 386 g/mol. The van der Waals surface area contributed by atoms with Crippen molar-refractivity contribution >= 4 is 28.9 Å². The fourth-order valence-electron chi connectivity index (χ4n) is 1.95. The number of hydrogen-bond donors (Lipinski definition) is 3. The van der Waals surface area contributed by atoms with E-state index >= 15 is 0 Å². The maximum absolute atomic E-state index is 12.9. The Morgan fingerprint density at radius 1 is 1.11 bits per heavy atom. The number of carbonyl (C=O) groups excluding carboxylic acids is 1. The molecule has 10 heteroatoms. The van der Waals surface area contributed by atoms with Crippen LogP contribution in [0.1, 0.15) is 15.9 Å². The topological polar surface area (TPSA) is 62.4 Å². The number of amides is 1. The molecule has 0 aliphatic rings. The quantitative estimate of drug-likeness (QED) is 0.404. The van der Waals surface area contributed by atoms with Gasteiger partial charge < -0.3 is 10.1 Å². The maximum atomic E-state index is 12.9. The molecule has 0 aromatic heterocycles. The summed E-state index contributed by atoms with van der Waals surface area (Å²) in [6, 6.07) is 11.8. The summed E-state index contributed by atoms with van der Waals surface area (Å²) in [5.41, 5.74) is 6.29. The summed E-state index contributed by atoms with van der Waals surface area (Å²) in [6.45, 7) is 1.87. The summed E-state index contributed by atoms with van der Waals surface area (Å²) in [5.74, 6) is -1.30. The van der Waals surface area contributed by atoms with Crippen LogP contribution in [0, 0.1) is 6.92 Å². The Labute approximate surface area is 157 Å². The monoisotopic (exact) mass is 401 g/mol. The predicted octanol–water partition coefficient (Wildman–Crippen LogP) is 3.86. The van der Waals surface area contributed by atoms with Gasteiger partial charge in [0.25, 0.3) is 5.91 Å². The number of aryl methyl sites for hydroxylation is 1. The molecule has 0 bridgehead atoms. The van der Waals surface area contributed by atoms with Crippen molar-refractivity contribution in [2.75, 3.05) is 5.32 Å². The Kier molecular flexibility index (Phi) is 6.56. The zero-order chi connectivity index (χ0) is 20.0. The van der Waals surface area contributed by atoms with Gasteiger partial charge >= 0.3 is 12.5 Å². The first-order valence-electron chi connectivity index (χ1n) is 7.57. The Hall–Kier alpha value is -2.88. The molecule has 27 heavy (non-hydrogen) atoms. The summed E-state index contributed by atoms with van der Waals surface area (Å²) in [4.78, 5) is 12.1. The van der Waals surface area contributed by atoms with E-state index in [9.17, 15) is 22.4 Å². The van der Waals surface area contributed by atoms with E-state index in [0.29, 0.717) is 0 Å². The number of hydrazine groups is 1. The Balaban J connectivity index is 1.95. The van der Waals surface area contributed by atoms with E-state index in [1.807, 2.05) is 19.1 Å². The molecule has 144 valence electrons. The molecule has 5 nitrogen and oxygen atoms in total. The fraction of sp³-hybridized carbons (Fsp3) is 0.176. The molecular formula is C17H15F4N3O2S. The number of halogens is 4. The Bertz CT molecular complexity index is 833. The van der Waals surface area contributed by atoms with Gasteiger partial charge in [-0.2, -0.15) is 17.6 Å². The second-order valence-electron chi connectivity index (χ2n) is 5.34. The average molecular weight is 401 g/mol. The van der Waals surface area contributed by atoms with Gasteiger partial charge in [-0.15, -0.1) is 0 Å². The SMILES string of the molecule is Cc1ccccc1NC(=S)NNC(=O)c1cccc(OC(F)(F)C(F)F)c1. The standard InChI is InChI=1S/C17H15F4N3O2S/c1-10-5-2-3-8-13(10)22-16(27)24-23-14(25)11-6-4-7-12(9-11)26-17(20,21)15(18)19/h2-9,15H,1H3,(H,23,25)(H2,22,24,27). The lowest BCUT2D eigenvalue weighted by molar-refractivity contribution is -0.253. The van der Waals surface area contributed by atoms with Crippen molar-refractivity contribution in [1.29, 1.82) is 0 Å². The summed E-state index contributed by atoms with van der Waals surface area (Å²) < 4.78 is 54.2. The van der Waals surface area contributed by atoms with E-state index in [4.69, 9.17) is 12.2 Å². The first kappa shape index (κ1) is 20.4. The molecule has 3 N–H and O–H groups in total. The van der Waals surface area contributed by atoms with Gasteiger partial charge in [0.05, 0.1) is 0 Å². The highest BCUT2D eigenvalue weighted by Gasteiger charge is 2.44. The molecule has 0 spiro atoms. The van der Waals surface area contributed by atoms with Gasteiger partial charge in [-0.1, -0.05) is 24.3 Å². The van der Waals surface area contributed by atoms with Crippen LogP contribution in [0.25, 0.3) is 0 Å². The Morgan fingerprint density at radius 2 is 1.81 bits per heavy atom. The number of benzene rings is 2. The summed E-state index contributed by atoms with van der Waals surface area (Å²) >= 11 is 5.05. The van der Waals surface area contributed by atoms with Crippen molar-refractivity contribution in [1.82, 2.24) is 10.9 Å². The number of para-hydroxylation sites is 1. The third-order valence-corrected chi connectivity index (χ3v) is 3.49. The van der Waals surface area contributed by atoms with E-state index in [2.05, 4.69) is 20.9 Å². The summed E-state index contributed by atoms with van der Waals surface area (Å²) in [7, 11) is 0. The molecule has 0 aliphatic heterocycles. The molecule has 0 fully saturated rings. The number of rotatable bonds is 5. The minimum absolute atomic E-state index is 0.0919. The van der Waals surface area contributed by atoms with E-state index in [-0.39, 0.29) is 10.7 Å². The minimum Gasteiger partial charge on any atom is -0.428 e. The number of thiocarbonyl (C=S) groups is 1. The molecule has 0 saturated heterocycles. The van der Waals surface area contributed by atoms with Gasteiger partial charge in [-0.3, -0.25) is 15.6 Å². The van der Waals surface area contributed by atoms with Crippen LogP contribution >= 0.6 is 12.2 Å². The highest BCUT2D eigenvalue weighted by molar-refractivity contribution is 7.80. The molecule has 1 amide bonds. The van der Waals surface area contributed by atoms with Crippen molar-refractivity contribution in [3.8, 4) is 5.75 Å². The molecule has 0 radical (unpaired) electrons. The molecule has 0 unspecified atom stereocenters. The second-order valence-corrected chi connectivity index (χ2v) is 5.75. The van der Waals surface area contributed by atoms with Crippen molar-refractivity contribution in [3.63, 3.8) is 0 Å². The zero-order valence-corrected chi connectivity index (χ0v) is 14.7. The van der Waals surface area contributed by atoms with Crippen molar-refractivity contribution in [3.05, 3.63) is 59.7 Å². The van der Waals surface area contributed by atoms with E-state index in [0.717, 1.165) is 23.4 Å². The second kappa shape index (κ2) is 8.67. The number of nitrogens with one attached hydrogen (secondary N) is 3. The highest BCUT2D eigenvalue weighted by atomic mass is 32.1. The molecule has 0 atom stereocenters. The number of ether oxygens (including phenoxy) is 1. The molecule has 2 aromatic carbocycles. The van der Waals surface area contributed by atoms with Crippen molar-refractivity contribution in [2.24, 2.45) is 0 Å². The predicted molar refractivity (Wildman–Crippen MR) is 96.0 cm³/mol. The molecule has 0 aliphatic carbocycles. The number of alkyl halides is 4.